The van der Waals surface area contributed by atoms with Crippen molar-refractivity contribution in [1.29, 1.82) is 0 Å². The van der Waals surface area contributed by atoms with Gasteiger partial charge in [-0.15, -0.1) is 0 Å². The summed E-state index contributed by atoms with van der Waals surface area (Å²) in [5, 5.41) is 0. The van der Waals surface area contributed by atoms with Crippen molar-refractivity contribution in [3.63, 3.8) is 0 Å². The number of hydrogen-bond donors (Lipinski definition) is 0. The number of carbonyl (C=O) groups excluding carboxylic acids is 2. The third kappa shape index (κ3) is 4.80. The van der Waals surface area contributed by atoms with Crippen LogP contribution in [0.25, 0.3) is 11.3 Å². The summed E-state index contributed by atoms with van der Waals surface area (Å²) >= 11 is 0. The number of ether oxygens (including phenoxy) is 1. The summed E-state index contributed by atoms with van der Waals surface area (Å²) < 4.78 is 34.4. The van der Waals surface area contributed by atoms with E-state index in [1.54, 1.807) is 19.2 Å². The second-order valence-electron chi connectivity index (χ2n) is 7.09. The SMILES string of the molecule is CCC(=O)N(C)c1ccc(-c2ccc(C(=O)CCc3cccnc3OC)cn2)c(F)c1F. The Bertz CT molecular complexity index is 1130. The lowest BCUT2D eigenvalue weighted by Crippen LogP contribution is -2.26. The average molecular weight is 439 g/mol. The number of rotatable bonds is 8. The first-order chi connectivity index (χ1) is 15.4. The fourth-order valence-electron chi connectivity index (χ4n) is 3.28. The number of carbonyl (C=O) groups is 2. The molecule has 0 unspecified atom stereocenters. The van der Waals surface area contributed by atoms with E-state index in [4.69, 9.17) is 4.74 Å². The van der Waals surface area contributed by atoms with Crippen LogP contribution >= 0.6 is 0 Å². The van der Waals surface area contributed by atoms with Crippen molar-refractivity contribution in [2.24, 2.45) is 0 Å². The molecule has 6 nitrogen and oxygen atoms in total. The maximum atomic E-state index is 14.7. The Balaban J connectivity index is 1.76. The molecule has 1 amide bonds. The fraction of sp³-hybridized carbons (Fsp3) is 0.250. The first-order valence-corrected chi connectivity index (χ1v) is 10.1. The van der Waals surface area contributed by atoms with Crippen molar-refractivity contribution in [1.82, 2.24) is 9.97 Å². The Morgan fingerprint density at radius 2 is 1.84 bits per heavy atom. The van der Waals surface area contributed by atoms with Crippen molar-refractivity contribution in [2.75, 3.05) is 19.1 Å². The molecule has 0 aliphatic rings. The van der Waals surface area contributed by atoms with Crippen LogP contribution in [-0.4, -0.2) is 35.8 Å². The molecule has 166 valence electrons. The van der Waals surface area contributed by atoms with E-state index in [1.165, 1.54) is 44.6 Å². The molecule has 0 radical (unpaired) electrons. The number of pyridine rings is 2. The number of Topliss-reactive ketones (excluding diaryl/α,β-unsaturated/α-hetero) is 1. The van der Waals surface area contributed by atoms with Gasteiger partial charge in [0.05, 0.1) is 18.5 Å². The summed E-state index contributed by atoms with van der Waals surface area (Å²) in [4.78, 5) is 33.6. The third-order valence-corrected chi connectivity index (χ3v) is 5.13. The summed E-state index contributed by atoms with van der Waals surface area (Å²) in [6, 6.07) is 9.31. The quantitative estimate of drug-likeness (QED) is 0.479. The van der Waals surface area contributed by atoms with Crippen LogP contribution in [0.2, 0.25) is 0 Å². The van der Waals surface area contributed by atoms with Gasteiger partial charge < -0.3 is 9.64 Å². The molecule has 0 N–H and O–H groups in total. The summed E-state index contributed by atoms with van der Waals surface area (Å²) in [6.45, 7) is 1.64. The van der Waals surface area contributed by atoms with Gasteiger partial charge >= 0.3 is 0 Å². The van der Waals surface area contributed by atoms with Gasteiger partial charge in [0.25, 0.3) is 0 Å². The molecule has 0 fully saturated rings. The zero-order chi connectivity index (χ0) is 23.3. The molecule has 3 rings (SSSR count). The van der Waals surface area contributed by atoms with Gasteiger partial charge in [-0.2, -0.15) is 0 Å². The van der Waals surface area contributed by atoms with Crippen molar-refractivity contribution >= 4 is 17.4 Å². The zero-order valence-corrected chi connectivity index (χ0v) is 18.1. The maximum absolute atomic E-state index is 14.7. The van der Waals surface area contributed by atoms with E-state index in [9.17, 15) is 18.4 Å². The number of amides is 1. The molecular weight excluding hydrogens is 416 g/mol. The van der Waals surface area contributed by atoms with Gasteiger partial charge in [-0.05, 0) is 36.8 Å². The van der Waals surface area contributed by atoms with E-state index < -0.39 is 11.6 Å². The highest BCUT2D eigenvalue weighted by Crippen LogP contribution is 2.29. The lowest BCUT2D eigenvalue weighted by atomic mass is 10.0. The Morgan fingerprint density at radius 1 is 1.06 bits per heavy atom. The van der Waals surface area contributed by atoms with E-state index in [1.807, 2.05) is 6.07 Å². The largest absolute Gasteiger partial charge is 0.481 e. The van der Waals surface area contributed by atoms with Gasteiger partial charge in [0.2, 0.25) is 11.8 Å². The van der Waals surface area contributed by atoms with Gasteiger partial charge in [0, 0.05) is 49.0 Å². The minimum Gasteiger partial charge on any atom is -0.481 e. The van der Waals surface area contributed by atoms with E-state index in [2.05, 4.69) is 9.97 Å². The first kappa shape index (κ1) is 23.0. The minimum absolute atomic E-state index is 0.0531. The first-order valence-electron chi connectivity index (χ1n) is 10.1. The highest BCUT2D eigenvalue weighted by atomic mass is 19.2. The van der Waals surface area contributed by atoms with Crippen LogP contribution in [-0.2, 0) is 11.2 Å². The second-order valence-corrected chi connectivity index (χ2v) is 7.09. The molecule has 8 heteroatoms. The zero-order valence-electron chi connectivity index (χ0n) is 18.1. The molecule has 0 bridgehead atoms. The number of aromatic nitrogens is 2. The van der Waals surface area contributed by atoms with Gasteiger partial charge in [0.15, 0.2) is 17.4 Å². The molecular formula is C24H23F2N3O3. The Kier molecular flexibility index (Phi) is 7.25. The minimum atomic E-state index is -1.13. The molecule has 0 saturated carbocycles. The summed E-state index contributed by atoms with van der Waals surface area (Å²) in [5.74, 6) is -2.23. The molecule has 0 aliphatic heterocycles. The smallest absolute Gasteiger partial charge is 0.226 e. The number of nitrogens with zero attached hydrogens (tertiary/aromatic N) is 3. The number of benzene rings is 1. The average Bonchev–Trinajstić information content (AvgIpc) is 2.83. The number of aryl methyl sites for hydroxylation is 1. The van der Waals surface area contributed by atoms with Gasteiger partial charge in [-0.25, -0.2) is 13.8 Å². The number of methoxy groups -OCH3 is 1. The lowest BCUT2D eigenvalue weighted by Gasteiger charge is -2.18. The molecule has 0 spiro atoms. The van der Waals surface area contributed by atoms with Gasteiger partial charge in [-0.3, -0.25) is 14.6 Å². The van der Waals surface area contributed by atoms with Crippen molar-refractivity contribution in [3.8, 4) is 17.1 Å². The van der Waals surface area contributed by atoms with Crippen molar-refractivity contribution in [3.05, 3.63) is 71.6 Å². The molecule has 2 aromatic heterocycles. The predicted octanol–water partition coefficient (Wildman–Crippen LogP) is 4.62. The van der Waals surface area contributed by atoms with E-state index >= 15 is 0 Å². The predicted molar refractivity (Wildman–Crippen MR) is 117 cm³/mol. The van der Waals surface area contributed by atoms with E-state index in [0.29, 0.717) is 17.9 Å². The third-order valence-electron chi connectivity index (χ3n) is 5.13. The van der Waals surface area contributed by atoms with Crippen molar-refractivity contribution in [2.45, 2.75) is 26.2 Å². The van der Waals surface area contributed by atoms with Crippen LogP contribution in [0.1, 0.15) is 35.7 Å². The van der Waals surface area contributed by atoms with E-state index in [0.717, 1.165) is 10.5 Å². The standard InChI is InChI=1S/C24H23F2N3O3/c1-4-21(31)29(2)19-11-9-17(22(25)23(19)26)18-10-7-16(14-28-18)20(30)12-8-15-6-5-13-27-24(15)32-3/h5-7,9-11,13-14H,4,8,12H2,1-3H3. The van der Waals surface area contributed by atoms with Crippen molar-refractivity contribution < 1.29 is 23.1 Å². The molecule has 0 atom stereocenters. The van der Waals surface area contributed by atoms with Crippen LogP contribution in [0.3, 0.4) is 0 Å². The van der Waals surface area contributed by atoms with Crippen LogP contribution in [0.4, 0.5) is 14.5 Å². The number of ketones is 1. The molecule has 32 heavy (non-hydrogen) atoms. The lowest BCUT2D eigenvalue weighted by molar-refractivity contribution is -0.118. The van der Waals surface area contributed by atoms with Crippen LogP contribution < -0.4 is 9.64 Å². The second kappa shape index (κ2) is 10.1. The Hall–Kier alpha value is -3.68. The normalized spacial score (nSPS) is 10.7. The topological polar surface area (TPSA) is 72.4 Å². The maximum Gasteiger partial charge on any atom is 0.226 e. The molecule has 2 heterocycles. The summed E-state index contributed by atoms with van der Waals surface area (Å²) in [6.07, 6.45) is 3.79. The molecule has 3 aromatic rings. The fourth-order valence-corrected chi connectivity index (χ4v) is 3.28. The number of hydrogen-bond acceptors (Lipinski definition) is 5. The van der Waals surface area contributed by atoms with Crippen LogP contribution in [0, 0.1) is 11.6 Å². The molecule has 1 aromatic carbocycles. The highest BCUT2D eigenvalue weighted by molar-refractivity contribution is 5.96. The summed E-state index contributed by atoms with van der Waals surface area (Å²) in [7, 11) is 2.91. The highest BCUT2D eigenvalue weighted by Gasteiger charge is 2.20. The van der Waals surface area contributed by atoms with Crippen LogP contribution in [0.5, 0.6) is 5.88 Å². The Labute approximate surface area is 184 Å². The van der Waals surface area contributed by atoms with E-state index in [-0.39, 0.29) is 41.5 Å². The Morgan fingerprint density at radius 3 is 2.50 bits per heavy atom. The van der Waals surface area contributed by atoms with Gasteiger partial charge in [-0.1, -0.05) is 13.0 Å². The number of anilines is 1. The molecule has 0 aliphatic carbocycles. The summed E-state index contributed by atoms with van der Waals surface area (Å²) in [5.41, 5.74) is 1.17. The monoisotopic (exact) mass is 439 g/mol. The number of halogens is 2. The van der Waals surface area contributed by atoms with Crippen LogP contribution in [0.15, 0.2) is 48.8 Å². The molecule has 0 saturated heterocycles. The van der Waals surface area contributed by atoms with Gasteiger partial charge in [0.1, 0.15) is 0 Å².